The summed E-state index contributed by atoms with van der Waals surface area (Å²) in [5.41, 5.74) is 6.61. The molecule has 1 aromatic carbocycles. The molecule has 0 spiro atoms. The van der Waals surface area contributed by atoms with Gasteiger partial charge in [-0.05, 0) is 36.8 Å². The van der Waals surface area contributed by atoms with E-state index in [1.807, 2.05) is 0 Å². The zero-order valence-electron chi connectivity index (χ0n) is 10.6. The zero-order chi connectivity index (χ0) is 13.1. The summed E-state index contributed by atoms with van der Waals surface area (Å²) in [5.74, 6) is 1.20. The molecule has 1 aliphatic carbocycles. The first-order valence-electron chi connectivity index (χ1n) is 6.40. The van der Waals surface area contributed by atoms with Gasteiger partial charge in [0.25, 0.3) is 5.91 Å². The molecule has 0 radical (unpaired) electrons. The van der Waals surface area contributed by atoms with Gasteiger partial charge in [0.2, 0.25) is 0 Å². The highest BCUT2D eigenvalue weighted by Gasteiger charge is 2.22. The predicted octanol–water partition coefficient (Wildman–Crippen LogP) is 3.09. The van der Waals surface area contributed by atoms with E-state index in [0.29, 0.717) is 28.7 Å². The molecular weight excluding hydrogens is 248 g/mol. The number of carbonyl (C=O) groups excluding carboxylic acids is 1. The first kappa shape index (κ1) is 13.2. The molecule has 1 aromatic rings. The normalized spacial score (nSPS) is 23.0. The molecule has 0 saturated heterocycles. The third-order valence-electron chi connectivity index (χ3n) is 3.63. The van der Waals surface area contributed by atoms with Gasteiger partial charge in [0, 0.05) is 12.2 Å². The van der Waals surface area contributed by atoms with Gasteiger partial charge in [-0.25, -0.2) is 0 Å². The van der Waals surface area contributed by atoms with Crippen molar-refractivity contribution in [2.75, 3.05) is 12.3 Å². The van der Waals surface area contributed by atoms with Gasteiger partial charge in [0.05, 0.1) is 10.6 Å². The number of hydrogen-bond donors (Lipinski definition) is 2. The van der Waals surface area contributed by atoms with Crippen molar-refractivity contribution < 1.29 is 4.79 Å². The van der Waals surface area contributed by atoms with Crippen molar-refractivity contribution in [3.05, 3.63) is 28.8 Å². The van der Waals surface area contributed by atoms with Crippen molar-refractivity contribution in [3.63, 3.8) is 0 Å². The lowest BCUT2D eigenvalue weighted by Crippen LogP contribution is -2.29. The SMILES string of the molecule is CC1CCC(CNC(=O)c2c(N)cccc2Cl)C1. The molecule has 3 nitrogen and oxygen atoms in total. The van der Waals surface area contributed by atoms with Crippen LogP contribution in [0.2, 0.25) is 5.02 Å². The summed E-state index contributed by atoms with van der Waals surface area (Å²) >= 11 is 6.00. The van der Waals surface area contributed by atoms with Gasteiger partial charge in [0.1, 0.15) is 0 Å². The molecule has 1 saturated carbocycles. The third-order valence-corrected chi connectivity index (χ3v) is 3.94. The van der Waals surface area contributed by atoms with E-state index in [1.54, 1.807) is 18.2 Å². The largest absolute Gasteiger partial charge is 0.398 e. The van der Waals surface area contributed by atoms with Crippen LogP contribution in [0.4, 0.5) is 5.69 Å². The molecule has 3 N–H and O–H groups in total. The van der Waals surface area contributed by atoms with Crippen LogP contribution in [0.25, 0.3) is 0 Å². The van der Waals surface area contributed by atoms with E-state index in [1.165, 1.54) is 19.3 Å². The molecule has 1 aliphatic rings. The molecule has 4 heteroatoms. The highest BCUT2D eigenvalue weighted by Crippen LogP contribution is 2.30. The predicted molar refractivity (Wildman–Crippen MR) is 74.7 cm³/mol. The van der Waals surface area contributed by atoms with Crippen LogP contribution >= 0.6 is 11.6 Å². The van der Waals surface area contributed by atoms with Crippen molar-refractivity contribution in [1.82, 2.24) is 5.32 Å². The Kier molecular flexibility index (Phi) is 4.12. The molecule has 1 amide bonds. The van der Waals surface area contributed by atoms with Crippen LogP contribution in [-0.4, -0.2) is 12.5 Å². The Balaban J connectivity index is 1.96. The molecule has 98 valence electrons. The topological polar surface area (TPSA) is 55.1 Å². The van der Waals surface area contributed by atoms with Gasteiger partial charge in [-0.2, -0.15) is 0 Å². The second-order valence-electron chi connectivity index (χ2n) is 5.20. The molecule has 18 heavy (non-hydrogen) atoms. The number of benzene rings is 1. The number of rotatable bonds is 3. The van der Waals surface area contributed by atoms with Gasteiger partial charge in [-0.15, -0.1) is 0 Å². The molecule has 1 fully saturated rings. The molecule has 2 unspecified atom stereocenters. The Morgan fingerprint density at radius 3 is 2.89 bits per heavy atom. The monoisotopic (exact) mass is 266 g/mol. The summed E-state index contributed by atoms with van der Waals surface area (Å²) in [7, 11) is 0. The van der Waals surface area contributed by atoms with E-state index in [2.05, 4.69) is 12.2 Å². The van der Waals surface area contributed by atoms with Crippen molar-refractivity contribution in [3.8, 4) is 0 Å². The number of nitrogens with two attached hydrogens (primary N) is 1. The summed E-state index contributed by atoms with van der Waals surface area (Å²) in [5, 5.41) is 3.35. The van der Waals surface area contributed by atoms with E-state index in [4.69, 9.17) is 17.3 Å². The van der Waals surface area contributed by atoms with Crippen LogP contribution in [0, 0.1) is 11.8 Å². The number of hydrogen-bond acceptors (Lipinski definition) is 2. The maximum Gasteiger partial charge on any atom is 0.254 e. The van der Waals surface area contributed by atoms with Gasteiger partial charge in [0.15, 0.2) is 0 Å². The minimum atomic E-state index is -0.169. The molecule has 0 bridgehead atoms. The van der Waals surface area contributed by atoms with Crippen molar-refractivity contribution >= 4 is 23.2 Å². The molecule has 2 rings (SSSR count). The summed E-state index contributed by atoms with van der Waals surface area (Å²) < 4.78 is 0. The van der Waals surface area contributed by atoms with Crippen LogP contribution in [0.5, 0.6) is 0 Å². The quantitative estimate of drug-likeness (QED) is 0.826. The summed E-state index contributed by atoms with van der Waals surface area (Å²) in [6, 6.07) is 5.12. The zero-order valence-corrected chi connectivity index (χ0v) is 11.3. The van der Waals surface area contributed by atoms with E-state index >= 15 is 0 Å². The minimum Gasteiger partial charge on any atom is -0.398 e. The lowest BCUT2D eigenvalue weighted by atomic mass is 10.1. The van der Waals surface area contributed by atoms with Crippen molar-refractivity contribution in [1.29, 1.82) is 0 Å². The second-order valence-corrected chi connectivity index (χ2v) is 5.61. The number of anilines is 1. The maximum atomic E-state index is 12.0. The van der Waals surface area contributed by atoms with Crippen molar-refractivity contribution in [2.45, 2.75) is 26.2 Å². The third kappa shape index (κ3) is 2.96. The molecule has 0 aromatic heterocycles. The Morgan fingerprint density at radius 2 is 2.28 bits per heavy atom. The molecular formula is C14H19ClN2O. The second kappa shape index (κ2) is 5.61. The van der Waals surface area contributed by atoms with Gasteiger partial charge >= 0.3 is 0 Å². The van der Waals surface area contributed by atoms with Crippen LogP contribution in [0.3, 0.4) is 0 Å². The van der Waals surface area contributed by atoms with E-state index in [0.717, 1.165) is 5.92 Å². The first-order chi connectivity index (χ1) is 8.58. The Labute approximate surface area is 113 Å². The lowest BCUT2D eigenvalue weighted by molar-refractivity contribution is 0.0948. The first-order valence-corrected chi connectivity index (χ1v) is 6.78. The average molecular weight is 267 g/mol. The van der Waals surface area contributed by atoms with Crippen LogP contribution in [0.1, 0.15) is 36.5 Å². The van der Waals surface area contributed by atoms with Crippen LogP contribution in [0.15, 0.2) is 18.2 Å². The lowest BCUT2D eigenvalue weighted by Gasteiger charge is -2.13. The highest BCUT2D eigenvalue weighted by molar-refractivity contribution is 6.34. The van der Waals surface area contributed by atoms with E-state index in [9.17, 15) is 4.79 Å². The number of halogens is 1. The fourth-order valence-electron chi connectivity index (χ4n) is 2.62. The van der Waals surface area contributed by atoms with Gasteiger partial charge in [-0.3, -0.25) is 4.79 Å². The number of carbonyl (C=O) groups is 1. The fourth-order valence-corrected chi connectivity index (χ4v) is 2.88. The minimum absolute atomic E-state index is 0.169. The Bertz CT molecular complexity index is 427. The Hall–Kier alpha value is -1.22. The maximum absolute atomic E-state index is 12.0. The Morgan fingerprint density at radius 1 is 1.50 bits per heavy atom. The number of nitrogen functional groups attached to an aromatic ring is 1. The standard InChI is InChI=1S/C14H19ClN2O/c1-9-5-6-10(7-9)8-17-14(18)13-11(15)3-2-4-12(13)16/h2-4,9-10H,5-8,16H2,1H3,(H,17,18). The molecule has 0 aliphatic heterocycles. The average Bonchev–Trinajstić information content (AvgIpc) is 2.72. The summed E-state index contributed by atoms with van der Waals surface area (Å²) in [6.07, 6.45) is 3.65. The highest BCUT2D eigenvalue weighted by atomic mass is 35.5. The van der Waals surface area contributed by atoms with Gasteiger partial charge in [-0.1, -0.05) is 31.0 Å². The van der Waals surface area contributed by atoms with Crippen LogP contribution < -0.4 is 11.1 Å². The number of amides is 1. The van der Waals surface area contributed by atoms with Gasteiger partial charge < -0.3 is 11.1 Å². The van der Waals surface area contributed by atoms with E-state index in [-0.39, 0.29) is 5.91 Å². The summed E-state index contributed by atoms with van der Waals surface area (Å²) in [4.78, 5) is 12.0. The van der Waals surface area contributed by atoms with E-state index < -0.39 is 0 Å². The van der Waals surface area contributed by atoms with Crippen molar-refractivity contribution in [2.24, 2.45) is 11.8 Å². The fraction of sp³-hybridized carbons (Fsp3) is 0.500. The smallest absolute Gasteiger partial charge is 0.254 e. The molecule has 0 heterocycles. The van der Waals surface area contributed by atoms with Crippen LogP contribution in [-0.2, 0) is 0 Å². The molecule has 2 atom stereocenters. The number of nitrogens with one attached hydrogen (secondary N) is 1. The summed E-state index contributed by atoms with van der Waals surface area (Å²) in [6.45, 7) is 2.97.